The quantitative estimate of drug-likeness (QED) is 0.806. The molecule has 0 unspecified atom stereocenters. The number of hydrogen-bond acceptors (Lipinski definition) is 3. The lowest BCUT2D eigenvalue weighted by Gasteiger charge is -2.07. The molecule has 0 bridgehead atoms. The predicted molar refractivity (Wildman–Crippen MR) is 61.8 cm³/mol. The summed E-state index contributed by atoms with van der Waals surface area (Å²) >= 11 is 3.95. The Morgan fingerprint density at radius 1 is 1.29 bits per heavy atom. The summed E-state index contributed by atoms with van der Waals surface area (Å²) in [6, 6.07) is 5.46. The number of benzene rings is 1. The minimum Gasteiger partial charge on any atom is -0.224 e. The molecular formula is C10H14O2S2. The highest BCUT2D eigenvalue weighted by Gasteiger charge is 2.15. The molecule has 1 rings (SSSR count). The van der Waals surface area contributed by atoms with Crippen molar-refractivity contribution in [2.24, 2.45) is 0 Å². The van der Waals surface area contributed by atoms with E-state index in [1.165, 1.54) is 0 Å². The predicted octanol–water partition coefficient (Wildman–Crippen LogP) is 2.01. The van der Waals surface area contributed by atoms with Gasteiger partial charge in [-0.3, -0.25) is 0 Å². The summed E-state index contributed by atoms with van der Waals surface area (Å²) in [6.07, 6.45) is 0. The summed E-state index contributed by atoms with van der Waals surface area (Å²) < 4.78 is 23.5. The molecule has 2 nitrogen and oxygen atoms in total. The molecule has 0 saturated heterocycles. The van der Waals surface area contributed by atoms with Crippen LogP contribution in [0.3, 0.4) is 0 Å². The van der Waals surface area contributed by atoms with Crippen LogP contribution in [0.25, 0.3) is 0 Å². The van der Waals surface area contributed by atoms with E-state index in [9.17, 15) is 8.42 Å². The van der Waals surface area contributed by atoms with Crippen molar-refractivity contribution in [3.8, 4) is 0 Å². The largest absolute Gasteiger partial charge is 0.224 e. The number of thiol groups is 1. The Labute approximate surface area is 90.7 Å². The molecule has 0 heterocycles. The normalized spacial score (nSPS) is 11.6. The molecule has 0 aliphatic heterocycles. The van der Waals surface area contributed by atoms with Crippen molar-refractivity contribution in [3.63, 3.8) is 0 Å². The molecule has 78 valence electrons. The molecule has 0 aromatic heterocycles. The topological polar surface area (TPSA) is 34.1 Å². The van der Waals surface area contributed by atoms with Crippen molar-refractivity contribution >= 4 is 22.5 Å². The van der Waals surface area contributed by atoms with Crippen molar-refractivity contribution in [2.45, 2.75) is 18.7 Å². The van der Waals surface area contributed by atoms with Gasteiger partial charge < -0.3 is 0 Å². The first-order valence-electron chi connectivity index (χ1n) is 4.38. The third-order valence-corrected chi connectivity index (χ3v) is 4.42. The first kappa shape index (κ1) is 11.6. The zero-order chi connectivity index (χ0) is 10.8. The van der Waals surface area contributed by atoms with Crippen LogP contribution in [0.2, 0.25) is 0 Å². The van der Waals surface area contributed by atoms with Crippen LogP contribution in [0.5, 0.6) is 0 Å². The molecule has 0 spiro atoms. The Balaban J connectivity index is 3.25. The van der Waals surface area contributed by atoms with Crippen LogP contribution in [0, 0.1) is 13.8 Å². The minimum atomic E-state index is -3.14. The van der Waals surface area contributed by atoms with Crippen LogP contribution in [0.15, 0.2) is 23.1 Å². The second kappa shape index (κ2) is 4.36. The van der Waals surface area contributed by atoms with Crippen LogP contribution in [-0.2, 0) is 9.84 Å². The highest BCUT2D eigenvalue weighted by molar-refractivity contribution is 7.92. The number of rotatable bonds is 3. The van der Waals surface area contributed by atoms with E-state index in [1.54, 1.807) is 6.07 Å². The second-order valence-electron chi connectivity index (χ2n) is 3.31. The fourth-order valence-corrected chi connectivity index (χ4v) is 3.38. The Kier molecular flexibility index (Phi) is 3.61. The fourth-order valence-electron chi connectivity index (χ4n) is 1.27. The van der Waals surface area contributed by atoms with Gasteiger partial charge in [0, 0.05) is 5.75 Å². The highest BCUT2D eigenvalue weighted by Crippen LogP contribution is 2.18. The van der Waals surface area contributed by atoms with Crippen LogP contribution >= 0.6 is 12.6 Å². The molecular weight excluding hydrogens is 216 g/mol. The lowest BCUT2D eigenvalue weighted by molar-refractivity contribution is 0.597. The smallest absolute Gasteiger partial charge is 0.179 e. The van der Waals surface area contributed by atoms with E-state index in [-0.39, 0.29) is 5.75 Å². The van der Waals surface area contributed by atoms with Gasteiger partial charge in [-0.2, -0.15) is 12.6 Å². The van der Waals surface area contributed by atoms with Gasteiger partial charge >= 0.3 is 0 Å². The maximum Gasteiger partial charge on any atom is 0.179 e. The first-order valence-corrected chi connectivity index (χ1v) is 6.67. The molecule has 0 fully saturated rings. The van der Waals surface area contributed by atoms with Gasteiger partial charge in [0.25, 0.3) is 0 Å². The molecule has 0 aliphatic rings. The lowest BCUT2D eigenvalue weighted by Crippen LogP contribution is -2.09. The molecule has 4 heteroatoms. The summed E-state index contributed by atoms with van der Waals surface area (Å²) in [5.41, 5.74) is 1.77. The SMILES string of the molecule is Cc1ccc(C)c(S(=O)(=O)CCS)c1. The van der Waals surface area contributed by atoms with Crippen LogP contribution in [0.1, 0.15) is 11.1 Å². The van der Waals surface area contributed by atoms with Crippen molar-refractivity contribution < 1.29 is 8.42 Å². The Morgan fingerprint density at radius 3 is 2.50 bits per heavy atom. The van der Waals surface area contributed by atoms with Gasteiger partial charge in [-0.05, 0) is 31.0 Å². The standard InChI is InChI=1S/C10H14O2S2/c1-8-3-4-9(2)10(7-8)14(11,12)6-5-13/h3-4,7,13H,5-6H2,1-2H3. The van der Waals surface area contributed by atoms with Gasteiger partial charge in [0.2, 0.25) is 0 Å². The molecule has 0 N–H and O–H groups in total. The first-order chi connectivity index (χ1) is 6.47. The van der Waals surface area contributed by atoms with E-state index < -0.39 is 9.84 Å². The van der Waals surface area contributed by atoms with Gasteiger partial charge in [0.15, 0.2) is 9.84 Å². The fraction of sp³-hybridized carbons (Fsp3) is 0.400. The van der Waals surface area contributed by atoms with E-state index in [0.717, 1.165) is 11.1 Å². The zero-order valence-electron chi connectivity index (χ0n) is 8.32. The molecule has 1 aromatic rings. The highest BCUT2D eigenvalue weighted by atomic mass is 32.2. The van der Waals surface area contributed by atoms with Crippen LogP contribution < -0.4 is 0 Å². The second-order valence-corrected chi connectivity index (χ2v) is 5.84. The number of hydrogen-bond donors (Lipinski definition) is 1. The summed E-state index contributed by atoms with van der Waals surface area (Å²) in [5.74, 6) is 0.454. The summed E-state index contributed by atoms with van der Waals surface area (Å²) in [5, 5.41) is 0. The average molecular weight is 230 g/mol. The molecule has 0 atom stereocenters. The molecule has 14 heavy (non-hydrogen) atoms. The zero-order valence-corrected chi connectivity index (χ0v) is 10.0. The minimum absolute atomic E-state index is 0.0976. The van der Waals surface area contributed by atoms with Crippen molar-refractivity contribution in [3.05, 3.63) is 29.3 Å². The van der Waals surface area contributed by atoms with E-state index >= 15 is 0 Å². The van der Waals surface area contributed by atoms with Gasteiger partial charge in [-0.1, -0.05) is 12.1 Å². The Morgan fingerprint density at radius 2 is 1.93 bits per heavy atom. The van der Waals surface area contributed by atoms with E-state index in [1.807, 2.05) is 26.0 Å². The monoisotopic (exact) mass is 230 g/mol. The maximum atomic E-state index is 11.8. The van der Waals surface area contributed by atoms with Crippen molar-refractivity contribution in [2.75, 3.05) is 11.5 Å². The van der Waals surface area contributed by atoms with E-state index in [4.69, 9.17) is 0 Å². The number of sulfone groups is 1. The van der Waals surface area contributed by atoms with E-state index in [0.29, 0.717) is 10.6 Å². The molecule has 0 aliphatic carbocycles. The summed E-state index contributed by atoms with van der Waals surface area (Å²) in [6.45, 7) is 3.70. The summed E-state index contributed by atoms with van der Waals surface area (Å²) in [4.78, 5) is 0.437. The van der Waals surface area contributed by atoms with E-state index in [2.05, 4.69) is 12.6 Å². The van der Waals surface area contributed by atoms with Gasteiger partial charge in [-0.25, -0.2) is 8.42 Å². The van der Waals surface area contributed by atoms with Crippen molar-refractivity contribution in [1.82, 2.24) is 0 Å². The average Bonchev–Trinajstić information content (AvgIpc) is 2.09. The van der Waals surface area contributed by atoms with Gasteiger partial charge in [-0.15, -0.1) is 0 Å². The third kappa shape index (κ3) is 2.51. The lowest BCUT2D eigenvalue weighted by atomic mass is 10.2. The molecule has 1 aromatic carbocycles. The van der Waals surface area contributed by atoms with Gasteiger partial charge in [0.05, 0.1) is 10.6 Å². The van der Waals surface area contributed by atoms with Gasteiger partial charge in [0.1, 0.15) is 0 Å². The third-order valence-electron chi connectivity index (χ3n) is 2.04. The Bertz CT molecular complexity index is 422. The molecule has 0 radical (unpaired) electrons. The van der Waals surface area contributed by atoms with Crippen LogP contribution in [0.4, 0.5) is 0 Å². The van der Waals surface area contributed by atoms with Crippen molar-refractivity contribution in [1.29, 1.82) is 0 Å². The maximum absolute atomic E-state index is 11.8. The Hall–Kier alpha value is -0.480. The van der Waals surface area contributed by atoms with Crippen LogP contribution in [-0.4, -0.2) is 19.9 Å². The molecule has 0 amide bonds. The molecule has 0 saturated carbocycles. The number of aryl methyl sites for hydroxylation is 2. The summed E-state index contributed by atoms with van der Waals surface area (Å²) in [7, 11) is -3.14.